The summed E-state index contributed by atoms with van der Waals surface area (Å²) in [7, 11) is 0. The maximum absolute atomic E-state index is 11.9. The molecule has 0 unspecified atom stereocenters. The van der Waals surface area contributed by atoms with E-state index in [1.165, 1.54) is 10.7 Å². The summed E-state index contributed by atoms with van der Waals surface area (Å²) in [5, 5.41) is 22.2. The predicted octanol–water partition coefficient (Wildman–Crippen LogP) is 1.77. The van der Waals surface area contributed by atoms with Crippen molar-refractivity contribution in [2.45, 2.75) is 40.3 Å². The Labute approximate surface area is 143 Å². The van der Waals surface area contributed by atoms with Crippen LogP contribution in [0.25, 0.3) is 0 Å². The Morgan fingerprint density at radius 2 is 2.04 bits per heavy atom. The molecule has 0 bridgehead atoms. The minimum absolute atomic E-state index is 0.0502. The normalized spacial score (nSPS) is 10.8. The first-order valence-corrected chi connectivity index (χ1v) is 7.82. The molecule has 2 heterocycles. The summed E-state index contributed by atoms with van der Waals surface area (Å²) >= 11 is 6.08. The SMILES string of the molecule is Cc1nn(CCCNC(=O)Cn2nc([N+](=O)[O-])cc2C)c(C)c1Cl. The molecule has 0 aromatic carbocycles. The second-order valence-electron chi connectivity index (χ2n) is 5.47. The molecular formula is C14H19ClN6O3. The van der Waals surface area contributed by atoms with Crippen molar-refractivity contribution < 1.29 is 9.72 Å². The van der Waals surface area contributed by atoms with Gasteiger partial charge in [0.15, 0.2) is 0 Å². The van der Waals surface area contributed by atoms with Gasteiger partial charge in [-0.2, -0.15) is 9.78 Å². The van der Waals surface area contributed by atoms with Crippen LogP contribution in [0.4, 0.5) is 5.82 Å². The summed E-state index contributed by atoms with van der Waals surface area (Å²) < 4.78 is 3.12. The second kappa shape index (κ2) is 7.43. The number of nitrogens with zero attached hydrogens (tertiary/aromatic N) is 5. The third-order valence-corrected chi connectivity index (χ3v) is 4.16. The first kappa shape index (κ1) is 17.9. The molecule has 1 amide bonds. The highest BCUT2D eigenvalue weighted by Crippen LogP contribution is 2.18. The van der Waals surface area contributed by atoms with E-state index in [2.05, 4.69) is 15.5 Å². The molecule has 0 aliphatic rings. The molecule has 0 fully saturated rings. The number of halogens is 1. The first-order chi connectivity index (χ1) is 11.3. The third-order valence-electron chi connectivity index (χ3n) is 3.61. The van der Waals surface area contributed by atoms with Crippen LogP contribution in [0.1, 0.15) is 23.5 Å². The summed E-state index contributed by atoms with van der Waals surface area (Å²) in [5.74, 6) is -0.510. The van der Waals surface area contributed by atoms with Crippen molar-refractivity contribution in [3.63, 3.8) is 0 Å². The summed E-state index contributed by atoms with van der Waals surface area (Å²) in [5.41, 5.74) is 2.25. The van der Waals surface area contributed by atoms with Crippen molar-refractivity contribution in [2.24, 2.45) is 0 Å². The zero-order valence-electron chi connectivity index (χ0n) is 13.7. The number of aryl methyl sites for hydroxylation is 3. The van der Waals surface area contributed by atoms with E-state index in [1.54, 1.807) is 6.92 Å². The monoisotopic (exact) mass is 354 g/mol. The molecule has 0 aliphatic carbocycles. The average molecular weight is 355 g/mol. The van der Waals surface area contributed by atoms with Crippen molar-refractivity contribution in [3.05, 3.63) is 38.3 Å². The molecule has 0 radical (unpaired) electrons. The molecule has 0 saturated heterocycles. The van der Waals surface area contributed by atoms with Gasteiger partial charge in [-0.3, -0.25) is 9.48 Å². The Morgan fingerprint density at radius 1 is 1.33 bits per heavy atom. The van der Waals surface area contributed by atoms with Gasteiger partial charge in [0.05, 0.1) is 33.3 Å². The van der Waals surface area contributed by atoms with Gasteiger partial charge in [-0.15, -0.1) is 0 Å². The molecule has 24 heavy (non-hydrogen) atoms. The van der Waals surface area contributed by atoms with Gasteiger partial charge in [-0.05, 0) is 32.1 Å². The first-order valence-electron chi connectivity index (χ1n) is 7.44. The number of aromatic nitrogens is 4. The lowest BCUT2D eigenvalue weighted by Crippen LogP contribution is -2.29. The Hall–Kier alpha value is -2.42. The highest BCUT2D eigenvalue weighted by Gasteiger charge is 2.17. The van der Waals surface area contributed by atoms with Crippen LogP contribution in [-0.2, 0) is 17.9 Å². The predicted molar refractivity (Wildman–Crippen MR) is 88.0 cm³/mol. The van der Waals surface area contributed by atoms with Crippen LogP contribution in [0.15, 0.2) is 6.07 Å². The van der Waals surface area contributed by atoms with Crippen LogP contribution < -0.4 is 5.32 Å². The summed E-state index contributed by atoms with van der Waals surface area (Å²) in [6.07, 6.45) is 0.697. The number of hydrogen-bond donors (Lipinski definition) is 1. The topological polar surface area (TPSA) is 108 Å². The lowest BCUT2D eigenvalue weighted by molar-refractivity contribution is -0.389. The number of amides is 1. The smallest absolute Gasteiger partial charge is 0.358 e. The Kier molecular flexibility index (Phi) is 5.55. The molecular weight excluding hydrogens is 336 g/mol. The van der Waals surface area contributed by atoms with E-state index in [4.69, 9.17) is 11.6 Å². The van der Waals surface area contributed by atoms with Crippen LogP contribution in [0, 0.1) is 30.9 Å². The zero-order chi connectivity index (χ0) is 17.9. The van der Waals surface area contributed by atoms with Crippen molar-refractivity contribution in [3.8, 4) is 0 Å². The van der Waals surface area contributed by atoms with E-state index in [0.29, 0.717) is 30.2 Å². The molecule has 0 spiro atoms. The maximum atomic E-state index is 11.9. The van der Waals surface area contributed by atoms with E-state index in [0.717, 1.165) is 11.4 Å². The van der Waals surface area contributed by atoms with Crippen LogP contribution >= 0.6 is 11.6 Å². The molecule has 9 nitrogen and oxygen atoms in total. The molecule has 1 N–H and O–H groups in total. The number of hydrogen-bond acceptors (Lipinski definition) is 5. The molecule has 130 valence electrons. The van der Waals surface area contributed by atoms with E-state index >= 15 is 0 Å². The van der Waals surface area contributed by atoms with E-state index in [-0.39, 0.29) is 18.3 Å². The summed E-state index contributed by atoms with van der Waals surface area (Å²) in [6.45, 7) is 6.47. The fourth-order valence-electron chi connectivity index (χ4n) is 2.28. The van der Waals surface area contributed by atoms with Gasteiger partial charge in [-0.1, -0.05) is 11.6 Å². The molecule has 2 aromatic rings. The molecule has 0 aliphatic heterocycles. The molecule has 0 atom stereocenters. The number of carbonyl (C=O) groups excluding carboxylic acids is 1. The highest BCUT2D eigenvalue weighted by atomic mass is 35.5. The van der Waals surface area contributed by atoms with Gasteiger partial charge >= 0.3 is 5.82 Å². The highest BCUT2D eigenvalue weighted by molar-refractivity contribution is 6.31. The largest absolute Gasteiger partial charge is 0.390 e. The number of carbonyl (C=O) groups is 1. The van der Waals surface area contributed by atoms with Crippen LogP contribution in [-0.4, -0.2) is 36.9 Å². The van der Waals surface area contributed by atoms with Crippen molar-refractivity contribution >= 4 is 23.3 Å². The van der Waals surface area contributed by atoms with Crippen LogP contribution in [0.3, 0.4) is 0 Å². The summed E-state index contributed by atoms with van der Waals surface area (Å²) in [6, 6.07) is 1.33. The van der Waals surface area contributed by atoms with Crippen molar-refractivity contribution in [1.29, 1.82) is 0 Å². The standard InChI is InChI=1S/C14H19ClN6O3/c1-9-7-12(21(23)24)18-20(9)8-13(22)16-5-4-6-19-11(3)14(15)10(2)17-19/h7H,4-6,8H2,1-3H3,(H,16,22). The lowest BCUT2D eigenvalue weighted by Gasteiger charge is -2.06. The minimum Gasteiger partial charge on any atom is -0.358 e. The van der Waals surface area contributed by atoms with Gasteiger partial charge in [-0.25, -0.2) is 0 Å². The van der Waals surface area contributed by atoms with Crippen molar-refractivity contribution in [1.82, 2.24) is 24.9 Å². The van der Waals surface area contributed by atoms with E-state index in [9.17, 15) is 14.9 Å². The molecule has 10 heteroatoms. The van der Waals surface area contributed by atoms with Gasteiger partial charge < -0.3 is 15.4 Å². The van der Waals surface area contributed by atoms with Crippen molar-refractivity contribution in [2.75, 3.05) is 6.54 Å². The average Bonchev–Trinajstić information content (AvgIpc) is 3.00. The van der Waals surface area contributed by atoms with Gasteiger partial charge in [0.25, 0.3) is 0 Å². The van der Waals surface area contributed by atoms with E-state index in [1.807, 2.05) is 18.5 Å². The fraction of sp³-hybridized carbons (Fsp3) is 0.500. The van der Waals surface area contributed by atoms with Gasteiger partial charge in [0, 0.05) is 13.1 Å². The Morgan fingerprint density at radius 3 is 2.58 bits per heavy atom. The zero-order valence-corrected chi connectivity index (χ0v) is 14.5. The fourth-order valence-corrected chi connectivity index (χ4v) is 2.42. The van der Waals surface area contributed by atoms with Crippen LogP contribution in [0.2, 0.25) is 5.02 Å². The maximum Gasteiger partial charge on any atom is 0.390 e. The van der Waals surface area contributed by atoms with Gasteiger partial charge in [0.1, 0.15) is 6.54 Å². The molecule has 2 aromatic heterocycles. The third kappa shape index (κ3) is 4.10. The van der Waals surface area contributed by atoms with E-state index < -0.39 is 4.92 Å². The number of rotatable bonds is 7. The van der Waals surface area contributed by atoms with Crippen LogP contribution in [0.5, 0.6) is 0 Å². The quantitative estimate of drug-likeness (QED) is 0.463. The number of nitro groups is 1. The Balaban J connectivity index is 1.79. The second-order valence-corrected chi connectivity index (χ2v) is 5.85. The minimum atomic E-state index is -0.582. The lowest BCUT2D eigenvalue weighted by atomic mass is 10.3. The summed E-state index contributed by atoms with van der Waals surface area (Å²) in [4.78, 5) is 22.0. The Bertz CT molecular complexity index is 767. The molecule has 2 rings (SSSR count). The number of nitrogens with one attached hydrogen (secondary N) is 1. The van der Waals surface area contributed by atoms with Gasteiger partial charge in [0.2, 0.25) is 5.91 Å². The molecule has 0 saturated carbocycles.